The Hall–Kier alpha value is -0.610. The Labute approximate surface area is 97.6 Å². The molecule has 1 aliphatic rings. The highest BCUT2D eigenvalue weighted by molar-refractivity contribution is 5.75. The maximum Gasteiger partial charge on any atom is 0.243 e. The van der Waals surface area contributed by atoms with Gasteiger partial charge in [0.1, 0.15) is 0 Å². The Morgan fingerprint density at radius 3 is 2.50 bits per heavy atom. The molecule has 0 aromatic rings. The molecule has 1 fully saturated rings. The van der Waals surface area contributed by atoms with E-state index in [1.807, 2.05) is 27.7 Å². The number of carbonyl (C=O) groups is 1. The minimum absolute atomic E-state index is 0.0325. The van der Waals surface area contributed by atoms with Crippen molar-refractivity contribution in [2.45, 2.75) is 58.7 Å². The van der Waals surface area contributed by atoms with Gasteiger partial charge in [-0.2, -0.15) is 0 Å². The SMILES string of the molecule is CCOC1CC(CC(=O)NOC(C)(C)C)C1. The Balaban J connectivity index is 2.08. The van der Waals surface area contributed by atoms with Gasteiger partial charge in [0.2, 0.25) is 5.91 Å². The zero-order chi connectivity index (χ0) is 12.2. The zero-order valence-electron chi connectivity index (χ0n) is 10.7. The Morgan fingerprint density at radius 2 is 2.00 bits per heavy atom. The molecule has 0 aromatic heterocycles. The van der Waals surface area contributed by atoms with Crippen molar-refractivity contribution in [3.05, 3.63) is 0 Å². The Kier molecular flexibility index (Phi) is 4.74. The van der Waals surface area contributed by atoms with E-state index in [0.29, 0.717) is 18.4 Å². The van der Waals surface area contributed by atoms with Crippen molar-refractivity contribution in [1.82, 2.24) is 5.48 Å². The average Bonchev–Trinajstić information content (AvgIpc) is 2.10. The van der Waals surface area contributed by atoms with Crippen LogP contribution in [0, 0.1) is 5.92 Å². The molecule has 0 saturated heterocycles. The minimum Gasteiger partial charge on any atom is -0.378 e. The average molecular weight is 229 g/mol. The number of hydroxylamine groups is 1. The summed E-state index contributed by atoms with van der Waals surface area (Å²) in [5.41, 5.74) is 2.16. The molecule has 1 aliphatic carbocycles. The van der Waals surface area contributed by atoms with Gasteiger partial charge in [0, 0.05) is 13.0 Å². The van der Waals surface area contributed by atoms with E-state index in [0.717, 1.165) is 19.4 Å². The van der Waals surface area contributed by atoms with Gasteiger partial charge in [0.15, 0.2) is 0 Å². The summed E-state index contributed by atoms with van der Waals surface area (Å²) < 4.78 is 5.44. The molecule has 1 N–H and O–H groups in total. The van der Waals surface area contributed by atoms with Gasteiger partial charge in [-0.05, 0) is 46.5 Å². The molecule has 0 bridgehead atoms. The summed E-state index contributed by atoms with van der Waals surface area (Å²) in [6.07, 6.45) is 2.90. The van der Waals surface area contributed by atoms with Crippen LogP contribution >= 0.6 is 0 Å². The van der Waals surface area contributed by atoms with E-state index in [1.54, 1.807) is 0 Å². The number of nitrogens with one attached hydrogen (secondary N) is 1. The molecule has 0 aromatic carbocycles. The van der Waals surface area contributed by atoms with Gasteiger partial charge in [-0.15, -0.1) is 0 Å². The predicted octanol–water partition coefficient (Wildman–Crippen LogP) is 2.04. The molecule has 16 heavy (non-hydrogen) atoms. The van der Waals surface area contributed by atoms with Crippen LogP contribution in [-0.2, 0) is 14.4 Å². The second kappa shape index (κ2) is 5.64. The van der Waals surface area contributed by atoms with Crippen molar-refractivity contribution in [1.29, 1.82) is 0 Å². The minimum atomic E-state index is -0.330. The van der Waals surface area contributed by atoms with Gasteiger partial charge in [-0.1, -0.05) is 0 Å². The van der Waals surface area contributed by atoms with Gasteiger partial charge in [0.25, 0.3) is 0 Å². The summed E-state index contributed by atoms with van der Waals surface area (Å²) in [6.45, 7) is 8.47. The van der Waals surface area contributed by atoms with Crippen LogP contribution in [0.25, 0.3) is 0 Å². The van der Waals surface area contributed by atoms with Crippen molar-refractivity contribution in [3.8, 4) is 0 Å². The van der Waals surface area contributed by atoms with Gasteiger partial charge < -0.3 is 4.74 Å². The largest absolute Gasteiger partial charge is 0.378 e. The van der Waals surface area contributed by atoms with Crippen molar-refractivity contribution in [2.24, 2.45) is 5.92 Å². The van der Waals surface area contributed by atoms with E-state index in [9.17, 15) is 4.79 Å². The van der Waals surface area contributed by atoms with Gasteiger partial charge in [-0.3, -0.25) is 9.63 Å². The molecule has 1 saturated carbocycles. The van der Waals surface area contributed by atoms with Crippen molar-refractivity contribution in [2.75, 3.05) is 6.61 Å². The maximum atomic E-state index is 11.5. The fraction of sp³-hybridized carbons (Fsp3) is 0.917. The molecule has 0 unspecified atom stereocenters. The summed E-state index contributed by atoms with van der Waals surface area (Å²) in [5, 5.41) is 0. The molecule has 94 valence electrons. The molecule has 0 atom stereocenters. The molecule has 4 heteroatoms. The van der Waals surface area contributed by atoms with Crippen LogP contribution in [0.1, 0.15) is 47.0 Å². The summed E-state index contributed by atoms with van der Waals surface area (Å²) in [6, 6.07) is 0. The first-order valence-electron chi connectivity index (χ1n) is 5.99. The second-order valence-corrected chi connectivity index (χ2v) is 5.36. The van der Waals surface area contributed by atoms with E-state index in [4.69, 9.17) is 9.57 Å². The lowest BCUT2D eigenvalue weighted by atomic mass is 9.80. The smallest absolute Gasteiger partial charge is 0.243 e. The number of hydrogen-bond acceptors (Lipinski definition) is 3. The summed E-state index contributed by atoms with van der Waals surface area (Å²) >= 11 is 0. The standard InChI is InChI=1S/C12H23NO3/c1-5-15-10-6-9(7-10)8-11(14)13-16-12(2,3)4/h9-10H,5-8H2,1-4H3,(H,13,14). The first-order valence-corrected chi connectivity index (χ1v) is 5.99. The van der Waals surface area contributed by atoms with E-state index < -0.39 is 0 Å². The van der Waals surface area contributed by atoms with Gasteiger partial charge in [-0.25, -0.2) is 5.48 Å². The van der Waals surface area contributed by atoms with E-state index in [2.05, 4.69) is 5.48 Å². The predicted molar refractivity (Wildman–Crippen MR) is 61.7 cm³/mol. The number of rotatable bonds is 5. The Morgan fingerprint density at radius 1 is 1.38 bits per heavy atom. The van der Waals surface area contributed by atoms with Gasteiger partial charge in [0.05, 0.1) is 11.7 Å². The van der Waals surface area contributed by atoms with Crippen LogP contribution in [0.5, 0.6) is 0 Å². The topological polar surface area (TPSA) is 47.6 Å². The monoisotopic (exact) mass is 229 g/mol. The molecular formula is C12H23NO3. The summed E-state index contributed by atoms with van der Waals surface area (Å²) in [5.74, 6) is 0.426. The van der Waals surface area contributed by atoms with Crippen molar-refractivity contribution < 1.29 is 14.4 Å². The molecule has 1 rings (SSSR count). The summed E-state index contributed by atoms with van der Waals surface area (Å²) in [4.78, 5) is 16.7. The molecule has 0 radical (unpaired) electrons. The highest BCUT2D eigenvalue weighted by Gasteiger charge is 2.31. The lowest BCUT2D eigenvalue weighted by molar-refractivity contribution is -0.148. The number of hydrogen-bond donors (Lipinski definition) is 1. The first kappa shape index (κ1) is 13.5. The maximum absolute atomic E-state index is 11.5. The normalized spacial score (nSPS) is 25.0. The van der Waals surface area contributed by atoms with E-state index >= 15 is 0 Å². The molecule has 1 amide bonds. The zero-order valence-corrected chi connectivity index (χ0v) is 10.7. The third-order valence-electron chi connectivity index (χ3n) is 2.54. The quantitative estimate of drug-likeness (QED) is 0.734. The lowest BCUT2D eigenvalue weighted by Crippen LogP contribution is -2.38. The molecule has 0 aliphatic heterocycles. The Bertz CT molecular complexity index is 229. The van der Waals surface area contributed by atoms with E-state index in [1.165, 1.54) is 0 Å². The molecule has 0 heterocycles. The summed E-state index contributed by atoms with van der Waals surface area (Å²) in [7, 11) is 0. The molecular weight excluding hydrogens is 206 g/mol. The van der Waals surface area contributed by atoms with Crippen LogP contribution < -0.4 is 5.48 Å². The van der Waals surface area contributed by atoms with Crippen LogP contribution in [-0.4, -0.2) is 24.2 Å². The third kappa shape index (κ3) is 4.94. The molecule has 4 nitrogen and oxygen atoms in total. The van der Waals surface area contributed by atoms with Gasteiger partial charge >= 0.3 is 0 Å². The van der Waals surface area contributed by atoms with Crippen LogP contribution in [0.15, 0.2) is 0 Å². The number of amides is 1. The first-order chi connectivity index (χ1) is 7.40. The molecule has 0 spiro atoms. The van der Waals surface area contributed by atoms with Crippen LogP contribution in [0.4, 0.5) is 0 Å². The number of carbonyl (C=O) groups excluding carboxylic acids is 1. The number of ether oxygens (including phenoxy) is 1. The second-order valence-electron chi connectivity index (χ2n) is 5.36. The third-order valence-corrected chi connectivity index (χ3v) is 2.54. The van der Waals surface area contributed by atoms with Crippen molar-refractivity contribution >= 4 is 5.91 Å². The fourth-order valence-electron chi connectivity index (χ4n) is 1.73. The highest BCUT2D eigenvalue weighted by Crippen LogP contribution is 2.32. The van der Waals surface area contributed by atoms with Crippen LogP contribution in [0.2, 0.25) is 0 Å². The van der Waals surface area contributed by atoms with Crippen LogP contribution in [0.3, 0.4) is 0 Å². The lowest BCUT2D eigenvalue weighted by Gasteiger charge is -2.34. The van der Waals surface area contributed by atoms with Crippen molar-refractivity contribution in [3.63, 3.8) is 0 Å². The van der Waals surface area contributed by atoms with E-state index in [-0.39, 0.29) is 11.5 Å². The fourth-order valence-corrected chi connectivity index (χ4v) is 1.73. The highest BCUT2D eigenvalue weighted by atomic mass is 16.7.